The Morgan fingerprint density at radius 3 is 2.67 bits per heavy atom. The Bertz CT molecular complexity index is 830. The lowest BCUT2D eigenvalue weighted by atomic mass is 10.2. The van der Waals surface area contributed by atoms with E-state index >= 15 is 0 Å². The normalized spacial score (nSPS) is 16.5. The molecule has 0 spiro atoms. The smallest absolute Gasteiger partial charge is 0.266 e. The quantitative estimate of drug-likeness (QED) is 0.491. The zero-order chi connectivity index (χ0) is 16.9. The van der Waals surface area contributed by atoms with E-state index in [-0.39, 0.29) is 5.91 Å². The van der Waals surface area contributed by atoms with Crippen LogP contribution in [-0.2, 0) is 11.3 Å². The van der Waals surface area contributed by atoms with Gasteiger partial charge in [-0.3, -0.25) is 9.69 Å². The summed E-state index contributed by atoms with van der Waals surface area (Å²) in [6.07, 6.45) is 5.68. The number of hydrogen-bond donors (Lipinski definition) is 0. The number of amides is 1. The maximum absolute atomic E-state index is 12.5. The standard InChI is InChI=1S/C19H14BrNOS2/c20-16-10-4-8-14(12-16)9-5-11-17-18(22)21(19(23)24-17)13-15-6-2-1-3-7-15/h1-12H,13H2/b9-5+,17-11+. The van der Waals surface area contributed by atoms with Gasteiger partial charge in [0.1, 0.15) is 4.32 Å². The Labute approximate surface area is 159 Å². The molecule has 2 aromatic rings. The van der Waals surface area contributed by atoms with Crippen molar-refractivity contribution in [2.24, 2.45) is 0 Å². The first kappa shape index (κ1) is 17.1. The average Bonchev–Trinajstić information content (AvgIpc) is 2.84. The van der Waals surface area contributed by atoms with Gasteiger partial charge in [-0.25, -0.2) is 0 Å². The first-order valence-corrected chi connectivity index (χ1v) is 9.37. The highest BCUT2D eigenvalue weighted by Crippen LogP contribution is 2.32. The van der Waals surface area contributed by atoms with Gasteiger partial charge >= 0.3 is 0 Å². The number of thiocarbonyl (C=S) groups is 1. The molecule has 0 unspecified atom stereocenters. The molecule has 1 fully saturated rings. The van der Waals surface area contributed by atoms with Crippen molar-refractivity contribution >= 4 is 56.2 Å². The van der Waals surface area contributed by atoms with Gasteiger partial charge in [0.2, 0.25) is 0 Å². The topological polar surface area (TPSA) is 20.3 Å². The predicted octanol–water partition coefficient (Wildman–Crippen LogP) is 5.41. The summed E-state index contributed by atoms with van der Waals surface area (Å²) < 4.78 is 1.63. The van der Waals surface area contributed by atoms with Gasteiger partial charge in [-0.05, 0) is 29.3 Å². The van der Waals surface area contributed by atoms with E-state index in [0.29, 0.717) is 15.8 Å². The monoisotopic (exact) mass is 415 g/mol. The molecule has 5 heteroatoms. The van der Waals surface area contributed by atoms with Crippen molar-refractivity contribution in [2.45, 2.75) is 6.54 Å². The molecule has 0 aromatic heterocycles. The van der Waals surface area contributed by atoms with Crippen LogP contribution in [0.15, 0.2) is 76.1 Å². The van der Waals surface area contributed by atoms with Crippen molar-refractivity contribution in [1.82, 2.24) is 4.90 Å². The lowest BCUT2D eigenvalue weighted by Gasteiger charge is -2.14. The first-order chi connectivity index (χ1) is 11.6. The summed E-state index contributed by atoms with van der Waals surface area (Å²) in [6, 6.07) is 17.9. The van der Waals surface area contributed by atoms with Crippen LogP contribution in [0.3, 0.4) is 0 Å². The molecule has 1 amide bonds. The molecule has 2 nitrogen and oxygen atoms in total. The second kappa shape index (κ2) is 7.92. The molecule has 2 aromatic carbocycles. The Balaban J connectivity index is 1.71. The fraction of sp³-hybridized carbons (Fsp3) is 0.0526. The molecular formula is C19H14BrNOS2. The SMILES string of the molecule is O=C1/C(=C\C=C\c2cccc(Br)c2)SC(=S)N1Cc1ccccc1. The van der Waals surface area contributed by atoms with E-state index in [2.05, 4.69) is 15.9 Å². The van der Waals surface area contributed by atoms with Crippen molar-refractivity contribution in [3.8, 4) is 0 Å². The van der Waals surface area contributed by atoms with Crippen LogP contribution in [0.1, 0.15) is 11.1 Å². The Morgan fingerprint density at radius 2 is 1.92 bits per heavy atom. The van der Waals surface area contributed by atoms with Gasteiger partial charge in [-0.1, -0.05) is 94.5 Å². The first-order valence-electron chi connectivity index (χ1n) is 7.35. The molecule has 0 atom stereocenters. The van der Waals surface area contributed by atoms with Crippen LogP contribution in [-0.4, -0.2) is 15.1 Å². The van der Waals surface area contributed by atoms with Gasteiger partial charge in [0.25, 0.3) is 5.91 Å². The van der Waals surface area contributed by atoms with E-state index in [1.54, 1.807) is 4.90 Å². The molecule has 24 heavy (non-hydrogen) atoms. The molecule has 0 saturated carbocycles. The number of benzene rings is 2. The summed E-state index contributed by atoms with van der Waals surface area (Å²) in [7, 11) is 0. The third-order valence-corrected chi connectivity index (χ3v) is 5.33. The van der Waals surface area contributed by atoms with E-state index in [0.717, 1.165) is 15.6 Å². The maximum Gasteiger partial charge on any atom is 0.266 e. The molecule has 1 saturated heterocycles. The van der Waals surface area contributed by atoms with Crippen molar-refractivity contribution in [1.29, 1.82) is 0 Å². The Hall–Kier alpha value is -1.69. The van der Waals surface area contributed by atoms with Crippen LogP contribution in [0.5, 0.6) is 0 Å². The number of thioether (sulfide) groups is 1. The average molecular weight is 416 g/mol. The molecule has 0 aliphatic carbocycles. The van der Waals surface area contributed by atoms with Crippen LogP contribution in [0, 0.1) is 0 Å². The van der Waals surface area contributed by atoms with Gasteiger partial charge in [0, 0.05) is 4.47 Å². The van der Waals surface area contributed by atoms with Crippen molar-refractivity contribution in [2.75, 3.05) is 0 Å². The van der Waals surface area contributed by atoms with E-state index < -0.39 is 0 Å². The highest BCUT2D eigenvalue weighted by Gasteiger charge is 2.31. The van der Waals surface area contributed by atoms with Crippen molar-refractivity contribution < 1.29 is 4.79 Å². The number of allylic oxidation sites excluding steroid dienone is 2. The number of nitrogens with zero attached hydrogens (tertiary/aromatic N) is 1. The highest BCUT2D eigenvalue weighted by molar-refractivity contribution is 9.10. The van der Waals surface area contributed by atoms with E-state index in [9.17, 15) is 4.79 Å². The van der Waals surface area contributed by atoms with E-state index in [1.165, 1.54) is 11.8 Å². The highest BCUT2D eigenvalue weighted by atomic mass is 79.9. The zero-order valence-corrected chi connectivity index (χ0v) is 15.9. The fourth-order valence-corrected chi connectivity index (χ4v) is 3.90. The largest absolute Gasteiger partial charge is 0.288 e. The van der Waals surface area contributed by atoms with Gasteiger partial charge in [-0.2, -0.15) is 0 Å². The van der Waals surface area contributed by atoms with Crippen molar-refractivity contribution in [3.63, 3.8) is 0 Å². The Morgan fingerprint density at radius 1 is 1.12 bits per heavy atom. The molecule has 1 aliphatic heterocycles. The van der Waals surface area contributed by atoms with Crippen LogP contribution >= 0.6 is 39.9 Å². The van der Waals surface area contributed by atoms with Gasteiger partial charge in [0.15, 0.2) is 0 Å². The number of hydrogen-bond acceptors (Lipinski definition) is 3. The minimum atomic E-state index is -0.0345. The number of carbonyl (C=O) groups is 1. The second-order valence-corrected chi connectivity index (χ2v) is 7.78. The number of rotatable bonds is 4. The molecule has 0 N–H and O–H groups in total. The summed E-state index contributed by atoms with van der Waals surface area (Å²) in [5.41, 5.74) is 2.14. The molecular weight excluding hydrogens is 402 g/mol. The maximum atomic E-state index is 12.5. The Kier molecular flexibility index (Phi) is 5.66. The second-order valence-electron chi connectivity index (χ2n) is 5.19. The summed E-state index contributed by atoms with van der Waals surface area (Å²) >= 11 is 10.1. The lowest BCUT2D eigenvalue weighted by molar-refractivity contribution is -0.122. The summed E-state index contributed by atoms with van der Waals surface area (Å²) in [6.45, 7) is 0.512. The number of halogens is 1. The molecule has 0 radical (unpaired) electrons. The van der Waals surface area contributed by atoms with Gasteiger partial charge in [0.05, 0.1) is 11.4 Å². The van der Waals surface area contributed by atoms with Gasteiger partial charge < -0.3 is 0 Å². The predicted molar refractivity (Wildman–Crippen MR) is 108 cm³/mol. The molecule has 1 heterocycles. The van der Waals surface area contributed by atoms with Crippen LogP contribution in [0.4, 0.5) is 0 Å². The molecule has 3 rings (SSSR count). The zero-order valence-electron chi connectivity index (χ0n) is 12.7. The summed E-state index contributed by atoms with van der Waals surface area (Å²) in [5, 5.41) is 0. The van der Waals surface area contributed by atoms with Gasteiger partial charge in [-0.15, -0.1) is 0 Å². The van der Waals surface area contributed by atoms with E-state index in [1.807, 2.05) is 72.8 Å². The molecule has 1 aliphatic rings. The number of carbonyl (C=O) groups excluding carboxylic acids is 1. The molecule has 0 bridgehead atoms. The summed E-state index contributed by atoms with van der Waals surface area (Å²) in [4.78, 5) is 14.8. The fourth-order valence-electron chi connectivity index (χ4n) is 2.27. The van der Waals surface area contributed by atoms with Crippen LogP contribution in [0.2, 0.25) is 0 Å². The minimum absolute atomic E-state index is 0.0345. The summed E-state index contributed by atoms with van der Waals surface area (Å²) in [5.74, 6) is -0.0345. The van der Waals surface area contributed by atoms with Crippen LogP contribution < -0.4 is 0 Å². The molecule has 120 valence electrons. The van der Waals surface area contributed by atoms with Crippen LogP contribution in [0.25, 0.3) is 6.08 Å². The van der Waals surface area contributed by atoms with E-state index in [4.69, 9.17) is 12.2 Å². The third kappa shape index (κ3) is 4.23. The van der Waals surface area contributed by atoms with Crippen molar-refractivity contribution in [3.05, 3.63) is 87.3 Å². The minimum Gasteiger partial charge on any atom is -0.288 e. The lowest BCUT2D eigenvalue weighted by Crippen LogP contribution is -2.27. The third-order valence-electron chi connectivity index (χ3n) is 3.44.